The molecule has 1 aliphatic heterocycles. The van der Waals surface area contributed by atoms with Gasteiger partial charge in [-0.15, -0.1) is 0 Å². The van der Waals surface area contributed by atoms with Gasteiger partial charge in [0.2, 0.25) is 15.9 Å². The molecule has 0 aliphatic carbocycles. The number of carbonyl (C=O) groups excluding carboxylic acids is 1. The third kappa shape index (κ3) is 5.07. The zero-order chi connectivity index (χ0) is 20.9. The van der Waals surface area contributed by atoms with E-state index in [0.717, 1.165) is 5.56 Å². The summed E-state index contributed by atoms with van der Waals surface area (Å²) >= 11 is 0. The van der Waals surface area contributed by atoms with E-state index in [1.807, 2.05) is 31.2 Å². The Morgan fingerprint density at radius 2 is 1.69 bits per heavy atom. The van der Waals surface area contributed by atoms with Gasteiger partial charge in [-0.25, -0.2) is 8.42 Å². The minimum absolute atomic E-state index is 0.0173. The van der Waals surface area contributed by atoms with E-state index in [1.165, 1.54) is 4.31 Å². The first-order valence-corrected chi connectivity index (χ1v) is 11.0. The number of hydrogen-bond acceptors (Lipinski definition) is 5. The van der Waals surface area contributed by atoms with E-state index in [-0.39, 0.29) is 30.3 Å². The topological polar surface area (TPSA) is 76.2 Å². The fraction of sp³-hybridized carbons (Fsp3) is 0.381. The largest absolute Gasteiger partial charge is 0.497 e. The molecule has 0 saturated carbocycles. The van der Waals surface area contributed by atoms with Crippen molar-refractivity contribution in [3.8, 4) is 11.5 Å². The third-order valence-electron chi connectivity index (χ3n) is 4.85. The van der Waals surface area contributed by atoms with E-state index in [2.05, 4.69) is 0 Å². The zero-order valence-electron chi connectivity index (χ0n) is 16.7. The van der Waals surface area contributed by atoms with Crippen LogP contribution in [0.3, 0.4) is 0 Å². The fourth-order valence-corrected chi connectivity index (χ4v) is 4.69. The summed E-state index contributed by atoms with van der Waals surface area (Å²) in [4.78, 5) is 14.5. The van der Waals surface area contributed by atoms with Crippen molar-refractivity contribution in [3.05, 3.63) is 54.1 Å². The highest BCUT2D eigenvalue weighted by Gasteiger charge is 2.30. The van der Waals surface area contributed by atoms with E-state index in [1.54, 1.807) is 36.3 Å². The summed E-state index contributed by atoms with van der Waals surface area (Å²) in [6.07, 6.45) is 0.267. The first-order valence-electron chi connectivity index (χ1n) is 9.57. The molecule has 7 nitrogen and oxygen atoms in total. The van der Waals surface area contributed by atoms with Crippen molar-refractivity contribution in [2.75, 3.05) is 39.9 Å². The minimum Gasteiger partial charge on any atom is -0.497 e. The summed E-state index contributed by atoms with van der Waals surface area (Å²) in [5.74, 6) is 1.33. The van der Waals surface area contributed by atoms with Gasteiger partial charge < -0.3 is 14.4 Å². The molecule has 1 aliphatic rings. The van der Waals surface area contributed by atoms with Gasteiger partial charge in [-0.1, -0.05) is 12.1 Å². The van der Waals surface area contributed by atoms with Gasteiger partial charge in [-0.05, 0) is 48.9 Å². The van der Waals surface area contributed by atoms with Crippen LogP contribution in [0.4, 0.5) is 0 Å². The summed E-state index contributed by atoms with van der Waals surface area (Å²) in [6, 6.07) is 13.8. The van der Waals surface area contributed by atoms with Crippen molar-refractivity contribution in [1.82, 2.24) is 9.21 Å². The van der Waals surface area contributed by atoms with E-state index in [4.69, 9.17) is 9.47 Å². The predicted octanol–water partition coefficient (Wildman–Crippen LogP) is 2.17. The number of amides is 1. The van der Waals surface area contributed by atoms with Crippen LogP contribution in [-0.2, 0) is 21.2 Å². The van der Waals surface area contributed by atoms with Gasteiger partial charge in [0.25, 0.3) is 0 Å². The van der Waals surface area contributed by atoms with Gasteiger partial charge in [0.1, 0.15) is 11.5 Å². The Morgan fingerprint density at radius 1 is 1.00 bits per heavy atom. The maximum Gasteiger partial charge on any atom is 0.243 e. The molecule has 8 heteroatoms. The van der Waals surface area contributed by atoms with Gasteiger partial charge in [0, 0.05) is 26.2 Å². The number of methoxy groups -OCH3 is 1. The molecule has 0 unspecified atom stereocenters. The predicted molar refractivity (Wildman–Crippen MR) is 110 cm³/mol. The standard InChI is InChI=1S/C21H26N2O5S/c1-3-28-18-7-9-20(10-8-18)29(25,26)23-13-11-22(12-14-23)21(24)16-17-5-4-6-19(15-17)27-2/h4-10,15H,3,11-14,16H2,1-2H3. The van der Waals surface area contributed by atoms with Crippen LogP contribution in [0.2, 0.25) is 0 Å². The lowest BCUT2D eigenvalue weighted by molar-refractivity contribution is -0.131. The van der Waals surface area contributed by atoms with Crippen LogP contribution in [0, 0.1) is 0 Å². The molecule has 0 atom stereocenters. The van der Waals surface area contributed by atoms with E-state index >= 15 is 0 Å². The van der Waals surface area contributed by atoms with Crippen LogP contribution in [-0.4, -0.2) is 63.4 Å². The Bertz CT molecular complexity index is 936. The molecule has 29 heavy (non-hydrogen) atoms. The normalized spacial score (nSPS) is 15.2. The molecular formula is C21H26N2O5S. The lowest BCUT2D eigenvalue weighted by atomic mass is 10.1. The highest BCUT2D eigenvalue weighted by Crippen LogP contribution is 2.21. The second kappa shape index (κ2) is 9.28. The number of nitrogens with zero attached hydrogens (tertiary/aromatic N) is 2. The molecule has 1 saturated heterocycles. The van der Waals surface area contributed by atoms with E-state index < -0.39 is 10.0 Å². The SMILES string of the molecule is CCOc1ccc(S(=O)(=O)N2CCN(C(=O)Cc3cccc(OC)c3)CC2)cc1. The first kappa shape index (κ1) is 21.1. The summed E-state index contributed by atoms with van der Waals surface area (Å²) < 4.78 is 37.7. The quantitative estimate of drug-likeness (QED) is 0.689. The number of hydrogen-bond donors (Lipinski definition) is 0. The lowest BCUT2D eigenvalue weighted by Crippen LogP contribution is -2.50. The second-order valence-corrected chi connectivity index (χ2v) is 8.66. The lowest BCUT2D eigenvalue weighted by Gasteiger charge is -2.34. The molecular weight excluding hydrogens is 392 g/mol. The number of carbonyl (C=O) groups is 1. The van der Waals surface area contributed by atoms with Crippen LogP contribution >= 0.6 is 0 Å². The fourth-order valence-electron chi connectivity index (χ4n) is 3.27. The molecule has 3 rings (SSSR count). The van der Waals surface area contributed by atoms with Gasteiger partial charge in [-0.3, -0.25) is 4.79 Å². The van der Waals surface area contributed by atoms with Crippen molar-refractivity contribution < 1.29 is 22.7 Å². The van der Waals surface area contributed by atoms with Gasteiger partial charge in [-0.2, -0.15) is 4.31 Å². The maximum atomic E-state index is 12.9. The molecule has 0 aromatic heterocycles. The van der Waals surface area contributed by atoms with Crippen LogP contribution in [0.1, 0.15) is 12.5 Å². The monoisotopic (exact) mass is 418 g/mol. The van der Waals surface area contributed by atoms with Crippen molar-refractivity contribution >= 4 is 15.9 Å². The third-order valence-corrected chi connectivity index (χ3v) is 6.77. The summed E-state index contributed by atoms with van der Waals surface area (Å²) in [5, 5.41) is 0. The van der Waals surface area contributed by atoms with Gasteiger partial charge in [0.15, 0.2) is 0 Å². The average Bonchev–Trinajstić information content (AvgIpc) is 2.74. The highest BCUT2D eigenvalue weighted by atomic mass is 32.2. The number of ether oxygens (including phenoxy) is 2. The van der Waals surface area contributed by atoms with Crippen molar-refractivity contribution in [1.29, 1.82) is 0 Å². The van der Waals surface area contributed by atoms with Crippen molar-refractivity contribution in [3.63, 3.8) is 0 Å². The van der Waals surface area contributed by atoms with Crippen molar-refractivity contribution in [2.45, 2.75) is 18.2 Å². The van der Waals surface area contributed by atoms with Crippen LogP contribution in [0.5, 0.6) is 11.5 Å². The second-order valence-electron chi connectivity index (χ2n) is 6.72. The summed E-state index contributed by atoms with van der Waals surface area (Å²) in [6.45, 7) is 3.70. The van der Waals surface area contributed by atoms with E-state index in [0.29, 0.717) is 31.2 Å². The zero-order valence-corrected chi connectivity index (χ0v) is 17.5. The van der Waals surface area contributed by atoms with Crippen LogP contribution in [0.25, 0.3) is 0 Å². The Morgan fingerprint density at radius 3 is 2.31 bits per heavy atom. The molecule has 0 N–H and O–H groups in total. The molecule has 2 aromatic rings. The molecule has 1 fully saturated rings. The average molecular weight is 419 g/mol. The van der Waals surface area contributed by atoms with Gasteiger partial charge in [0.05, 0.1) is 25.0 Å². The molecule has 1 heterocycles. The summed E-state index contributed by atoms with van der Waals surface area (Å²) in [7, 11) is -2.00. The molecule has 156 valence electrons. The Kier molecular flexibility index (Phi) is 6.76. The Hall–Kier alpha value is -2.58. The minimum atomic E-state index is -3.59. The molecule has 0 radical (unpaired) electrons. The Balaban J connectivity index is 1.59. The van der Waals surface area contributed by atoms with Crippen LogP contribution < -0.4 is 9.47 Å². The number of sulfonamides is 1. The first-order chi connectivity index (χ1) is 13.9. The maximum absolute atomic E-state index is 12.9. The summed E-state index contributed by atoms with van der Waals surface area (Å²) in [5.41, 5.74) is 0.874. The molecule has 0 bridgehead atoms. The number of piperazine rings is 1. The van der Waals surface area contributed by atoms with E-state index in [9.17, 15) is 13.2 Å². The Labute approximate surface area is 171 Å². The van der Waals surface area contributed by atoms with Crippen LogP contribution in [0.15, 0.2) is 53.4 Å². The smallest absolute Gasteiger partial charge is 0.243 e. The molecule has 0 spiro atoms. The molecule has 2 aromatic carbocycles. The highest BCUT2D eigenvalue weighted by molar-refractivity contribution is 7.89. The molecule has 1 amide bonds. The number of rotatable bonds is 7. The van der Waals surface area contributed by atoms with Crippen molar-refractivity contribution in [2.24, 2.45) is 0 Å². The number of benzene rings is 2. The van der Waals surface area contributed by atoms with Gasteiger partial charge >= 0.3 is 0 Å².